The van der Waals surface area contributed by atoms with Crippen LogP contribution in [0.2, 0.25) is 0 Å². The lowest BCUT2D eigenvalue weighted by atomic mass is 10.1. The number of carboxylic acids is 1. The van der Waals surface area contributed by atoms with Crippen LogP contribution in [0, 0.1) is 5.92 Å². The summed E-state index contributed by atoms with van der Waals surface area (Å²) in [6.07, 6.45) is -5.82. The molecule has 1 N–H and O–H groups in total. The smallest absolute Gasteiger partial charge is 0.397 e. The zero-order valence-electron chi connectivity index (χ0n) is 7.75. The summed E-state index contributed by atoms with van der Waals surface area (Å²) in [7, 11) is 0. The van der Waals surface area contributed by atoms with E-state index in [1.54, 1.807) is 0 Å². The van der Waals surface area contributed by atoms with Crippen molar-refractivity contribution in [3.63, 3.8) is 0 Å². The van der Waals surface area contributed by atoms with E-state index in [1.807, 2.05) is 0 Å². The van der Waals surface area contributed by atoms with Crippen molar-refractivity contribution >= 4 is 11.9 Å². The molecule has 7 heteroatoms. The molecule has 0 spiro atoms. The molecule has 0 aliphatic carbocycles. The minimum atomic E-state index is -4.53. The van der Waals surface area contributed by atoms with Gasteiger partial charge in [0.15, 0.2) is 0 Å². The Kier molecular flexibility index (Phi) is 3.21. The van der Waals surface area contributed by atoms with E-state index in [2.05, 4.69) is 0 Å². The molecule has 1 heterocycles. The summed E-state index contributed by atoms with van der Waals surface area (Å²) >= 11 is 0. The summed E-state index contributed by atoms with van der Waals surface area (Å²) in [6.45, 7) is -0.0316. The summed E-state index contributed by atoms with van der Waals surface area (Å²) in [5.74, 6) is -2.86. The van der Waals surface area contributed by atoms with Crippen molar-refractivity contribution in [3.05, 3.63) is 0 Å². The highest BCUT2D eigenvalue weighted by molar-refractivity contribution is 5.79. The normalized spacial score (nSPS) is 21.8. The minimum Gasteiger partial charge on any atom is -0.481 e. The maximum atomic E-state index is 11.9. The van der Waals surface area contributed by atoms with Crippen molar-refractivity contribution < 1.29 is 27.9 Å². The van der Waals surface area contributed by atoms with Crippen LogP contribution in [-0.2, 0) is 9.59 Å². The zero-order chi connectivity index (χ0) is 11.6. The van der Waals surface area contributed by atoms with Crippen molar-refractivity contribution in [3.8, 4) is 0 Å². The fraction of sp³-hybridized carbons (Fsp3) is 0.750. The van der Waals surface area contributed by atoms with E-state index in [0.717, 1.165) is 4.90 Å². The van der Waals surface area contributed by atoms with Gasteiger partial charge in [0, 0.05) is 13.1 Å². The number of likely N-dealkylation sites (tertiary alicyclic amines) is 1. The molecule has 1 saturated heterocycles. The van der Waals surface area contributed by atoms with Crippen molar-refractivity contribution in [2.24, 2.45) is 5.92 Å². The summed E-state index contributed by atoms with van der Waals surface area (Å²) in [5.41, 5.74) is 0. The lowest BCUT2D eigenvalue weighted by Crippen LogP contribution is -2.33. The molecule has 15 heavy (non-hydrogen) atoms. The van der Waals surface area contributed by atoms with E-state index in [-0.39, 0.29) is 19.5 Å². The highest BCUT2D eigenvalue weighted by atomic mass is 19.4. The summed E-state index contributed by atoms with van der Waals surface area (Å²) in [5, 5.41) is 8.59. The Hall–Kier alpha value is -1.27. The Balaban J connectivity index is 2.47. The number of aliphatic carboxylic acids is 1. The largest absolute Gasteiger partial charge is 0.481 e. The van der Waals surface area contributed by atoms with Gasteiger partial charge in [0.25, 0.3) is 0 Å². The van der Waals surface area contributed by atoms with Gasteiger partial charge in [-0.1, -0.05) is 0 Å². The molecular weight excluding hydrogens is 215 g/mol. The molecule has 1 unspecified atom stereocenters. The molecule has 1 atom stereocenters. The SMILES string of the molecule is O=C(O)C1CCN(C(=O)CC(F)(F)F)C1. The second-order valence-electron chi connectivity index (χ2n) is 3.46. The van der Waals surface area contributed by atoms with Gasteiger partial charge in [-0.15, -0.1) is 0 Å². The Bertz CT molecular complexity index is 277. The fourth-order valence-electron chi connectivity index (χ4n) is 1.47. The van der Waals surface area contributed by atoms with Crippen LogP contribution in [0.1, 0.15) is 12.8 Å². The first-order valence-electron chi connectivity index (χ1n) is 4.37. The zero-order valence-corrected chi connectivity index (χ0v) is 7.75. The Morgan fingerprint density at radius 1 is 1.40 bits per heavy atom. The molecular formula is C8H10F3NO3. The average Bonchev–Trinajstić information content (AvgIpc) is 2.47. The summed E-state index contributed by atoms with van der Waals surface area (Å²) < 4.78 is 35.6. The van der Waals surface area contributed by atoms with Crippen LogP contribution in [-0.4, -0.2) is 41.1 Å². The molecule has 0 radical (unpaired) electrons. The molecule has 0 aromatic rings. The first-order chi connectivity index (χ1) is 6.79. The number of amides is 1. The summed E-state index contributed by atoms with van der Waals surface area (Å²) in [6, 6.07) is 0. The van der Waals surface area contributed by atoms with E-state index in [0.29, 0.717) is 0 Å². The molecule has 0 aromatic carbocycles. The minimum absolute atomic E-state index is 0.0892. The van der Waals surface area contributed by atoms with Gasteiger partial charge in [0.2, 0.25) is 5.91 Å². The quantitative estimate of drug-likeness (QED) is 0.758. The lowest BCUT2D eigenvalue weighted by molar-refractivity contribution is -0.160. The maximum Gasteiger partial charge on any atom is 0.397 e. The second kappa shape index (κ2) is 4.08. The predicted octanol–water partition coefficient (Wildman–Crippen LogP) is 0.872. The van der Waals surface area contributed by atoms with E-state index >= 15 is 0 Å². The van der Waals surface area contributed by atoms with Crippen LogP contribution in [0.3, 0.4) is 0 Å². The van der Waals surface area contributed by atoms with Gasteiger partial charge in [-0.2, -0.15) is 13.2 Å². The van der Waals surface area contributed by atoms with Crippen LogP contribution < -0.4 is 0 Å². The molecule has 0 bridgehead atoms. The van der Waals surface area contributed by atoms with Crippen LogP contribution in [0.15, 0.2) is 0 Å². The number of carboxylic acid groups (broad SMARTS) is 1. The number of carbonyl (C=O) groups is 2. The van der Waals surface area contributed by atoms with Crippen molar-refractivity contribution in [2.45, 2.75) is 19.0 Å². The average molecular weight is 225 g/mol. The van der Waals surface area contributed by atoms with Crippen LogP contribution in [0.4, 0.5) is 13.2 Å². The van der Waals surface area contributed by atoms with Crippen molar-refractivity contribution in [2.75, 3.05) is 13.1 Å². The Labute approximate surface area is 83.7 Å². The molecule has 0 saturated carbocycles. The standard InChI is InChI=1S/C8H10F3NO3/c9-8(10,11)3-6(13)12-2-1-5(4-12)7(14)15/h5H,1-4H2,(H,14,15). The molecule has 1 amide bonds. The van der Waals surface area contributed by atoms with Gasteiger partial charge < -0.3 is 10.0 Å². The highest BCUT2D eigenvalue weighted by Gasteiger charge is 2.37. The number of hydrogen-bond acceptors (Lipinski definition) is 2. The van der Waals surface area contributed by atoms with E-state index in [9.17, 15) is 22.8 Å². The lowest BCUT2D eigenvalue weighted by Gasteiger charge is -2.16. The van der Waals surface area contributed by atoms with Gasteiger partial charge in [-0.3, -0.25) is 9.59 Å². The molecule has 86 valence electrons. The monoisotopic (exact) mass is 225 g/mol. The van der Waals surface area contributed by atoms with Gasteiger partial charge in [-0.05, 0) is 6.42 Å². The van der Waals surface area contributed by atoms with Crippen molar-refractivity contribution in [1.82, 2.24) is 4.90 Å². The highest BCUT2D eigenvalue weighted by Crippen LogP contribution is 2.23. The van der Waals surface area contributed by atoms with Crippen LogP contribution >= 0.6 is 0 Å². The van der Waals surface area contributed by atoms with Crippen LogP contribution in [0.25, 0.3) is 0 Å². The number of carbonyl (C=O) groups excluding carboxylic acids is 1. The second-order valence-corrected chi connectivity index (χ2v) is 3.46. The van der Waals surface area contributed by atoms with Gasteiger partial charge >= 0.3 is 12.1 Å². The Morgan fingerprint density at radius 2 is 2.00 bits per heavy atom. The molecule has 1 aliphatic rings. The van der Waals surface area contributed by atoms with E-state index < -0.39 is 30.4 Å². The predicted molar refractivity (Wildman–Crippen MR) is 43.0 cm³/mol. The first-order valence-corrected chi connectivity index (χ1v) is 4.37. The molecule has 1 fully saturated rings. The molecule has 1 rings (SSSR count). The van der Waals surface area contributed by atoms with Crippen molar-refractivity contribution in [1.29, 1.82) is 0 Å². The number of halogens is 3. The maximum absolute atomic E-state index is 11.9. The van der Waals surface area contributed by atoms with Gasteiger partial charge in [-0.25, -0.2) is 0 Å². The topological polar surface area (TPSA) is 57.6 Å². The Morgan fingerprint density at radius 3 is 2.40 bits per heavy atom. The number of rotatable bonds is 2. The van der Waals surface area contributed by atoms with E-state index in [1.165, 1.54) is 0 Å². The molecule has 4 nitrogen and oxygen atoms in total. The fourth-order valence-corrected chi connectivity index (χ4v) is 1.47. The number of nitrogens with zero attached hydrogens (tertiary/aromatic N) is 1. The first kappa shape index (κ1) is 11.8. The third-order valence-electron chi connectivity index (χ3n) is 2.24. The number of alkyl halides is 3. The third-order valence-corrected chi connectivity index (χ3v) is 2.24. The number of hydrogen-bond donors (Lipinski definition) is 1. The van der Waals surface area contributed by atoms with E-state index in [4.69, 9.17) is 5.11 Å². The van der Waals surface area contributed by atoms with Gasteiger partial charge in [0.05, 0.1) is 5.92 Å². The third kappa shape index (κ3) is 3.41. The van der Waals surface area contributed by atoms with Gasteiger partial charge in [0.1, 0.15) is 6.42 Å². The van der Waals surface area contributed by atoms with Crippen LogP contribution in [0.5, 0.6) is 0 Å². The summed E-state index contributed by atoms with van der Waals surface area (Å²) in [4.78, 5) is 22.5. The molecule has 0 aromatic heterocycles. The molecule has 1 aliphatic heterocycles.